The van der Waals surface area contributed by atoms with Crippen LogP contribution in [0.15, 0.2) is 59.5 Å². The number of thioether (sulfide) groups is 1. The van der Waals surface area contributed by atoms with Crippen LogP contribution in [0.1, 0.15) is 6.92 Å². The van der Waals surface area contributed by atoms with E-state index in [4.69, 9.17) is 9.84 Å². The number of ether oxygens (including phenoxy) is 1. The first-order valence-corrected chi connectivity index (χ1v) is 11.0. The number of carboxylic acid groups (broad SMARTS) is 1. The molecule has 31 heavy (non-hydrogen) atoms. The van der Waals surface area contributed by atoms with Crippen molar-refractivity contribution in [3.63, 3.8) is 0 Å². The van der Waals surface area contributed by atoms with Gasteiger partial charge in [-0.2, -0.15) is 0 Å². The molecule has 0 spiro atoms. The molecule has 0 saturated heterocycles. The number of amides is 2. The minimum atomic E-state index is -1.19. The molecule has 1 heterocycles. The van der Waals surface area contributed by atoms with Gasteiger partial charge in [0.05, 0.1) is 22.6 Å². The van der Waals surface area contributed by atoms with Gasteiger partial charge in [-0.05, 0) is 49.4 Å². The maximum absolute atomic E-state index is 12.3. The Labute approximate surface area is 186 Å². The van der Waals surface area contributed by atoms with Gasteiger partial charge in [-0.3, -0.25) is 9.59 Å². The van der Waals surface area contributed by atoms with Gasteiger partial charge in [0.1, 0.15) is 5.75 Å². The molecule has 3 N–H and O–H groups in total. The Morgan fingerprint density at radius 3 is 2.61 bits per heavy atom. The summed E-state index contributed by atoms with van der Waals surface area (Å²) in [5.74, 6) is -0.935. The van der Waals surface area contributed by atoms with Gasteiger partial charge in [0, 0.05) is 22.7 Å². The van der Waals surface area contributed by atoms with Gasteiger partial charge >= 0.3 is 5.97 Å². The van der Waals surface area contributed by atoms with Gasteiger partial charge in [-0.25, -0.2) is 9.78 Å². The van der Waals surface area contributed by atoms with Gasteiger partial charge in [0.15, 0.2) is 5.13 Å². The van der Waals surface area contributed by atoms with E-state index in [1.807, 2.05) is 25.1 Å². The van der Waals surface area contributed by atoms with E-state index in [0.29, 0.717) is 17.4 Å². The Balaban J connectivity index is 1.50. The molecule has 3 rings (SSSR count). The van der Waals surface area contributed by atoms with E-state index in [-0.39, 0.29) is 11.7 Å². The van der Waals surface area contributed by atoms with Crippen molar-refractivity contribution in [2.24, 2.45) is 0 Å². The quantitative estimate of drug-likeness (QED) is 0.328. The smallest absolute Gasteiger partial charge is 0.328 e. The summed E-state index contributed by atoms with van der Waals surface area (Å²) in [6.45, 7) is 2.50. The first kappa shape index (κ1) is 22.3. The average molecular weight is 458 g/mol. The van der Waals surface area contributed by atoms with Crippen LogP contribution in [-0.4, -0.2) is 40.2 Å². The Hall–Kier alpha value is -3.37. The summed E-state index contributed by atoms with van der Waals surface area (Å²) in [6.07, 6.45) is 1.70. The van der Waals surface area contributed by atoms with Crippen molar-refractivity contribution in [1.29, 1.82) is 0 Å². The number of rotatable bonds is 9. The van der Waals surface area contributed by atoms with Crippen LogP contribution < -0.4 is 15.4 Å². The number of carbonyl (C=O) groups is 3. The Morgan fingerprint density at radius 2 is 1.90 bits per heavy atom. The summed E-state index contributed by atoms with van der Waals surface area (Å²) in [4.78, 5) is 39.5. The third-order valence-corrected chi connectivity index (χ3v) is 5.73. The molecule has 3 aromatic rings. The van der Waals surface area contributed by atoms with Crippen LogP contribution >= 0.6 is 23.1 Å². The topological polar surface area (TPSA) is 118 Å². The fourth-order valence-electron chi connectivity index (χ4n) is 2.48. The molecule has 2 aromatic carbocycles. The molecule has 8 nitrogen and oxygen atoms in total. The SMILES string of the molecule is CCOc1ccc2nc(NC(=O)CSc3ccc(NC(=O)/C=C/C(=O)O)cc3)sc2c1. The number of nitrogens with one attached hydrogen (secondary N) is 2. The zero-order chi connectivity index (χ0) is 22.2. The molecule has 0 bridgehead atoms. The van der Waals surface area contributed by atoms with Crippen molar-refractivity contribution < 1.29 is 24.2 Å². The van der Waals surface area contributed by atoms with Gasteiger partial charge in [-0.15, -0.1) is 11.8 Å². The van der Waals surface area contributed by atoms with Crippen molar-refractivity contribution in [3.05, 3.63) is 54.6 Å². The maximum Gasteiger partial charge on any atom is 0.328 e. The van der Waals surface area contributed by atoms with E-state index in [9.17, 15) is 14.4 Å². The minimum absolute atomic E-state index is 0.176. The molecule has 1 aromatic heterocycles. The lowest BCUT2D eigenvalue weighted by Gasteiger charge is -2.05. The van der Waals surface area contributed by atoms with Gasteiger partial charge in [0.2, 0.25) is 11.8 Å². The summed E-state index contributed by atoms with van der Waals surface area (Å²) >= 11 is 2.73. The lowest BCUT2D eigenvalue weighted by atomic mass is 10.3. The number of carbonyl (C=O) groups excluding carboxylic acids is 2. The number of aromatic nitrogens is 1. The number of thiazole rings is 1. The molecule has 0 fully saturated rings. The summed E-state index contributed by atoms with van der Waals surface area (Å²) < 4.78 is 6.42. The van der Waals surface area contributed by atoms with E-state index < -0.39 is 11.9 Å². The number of fused-ring (bicyclic) bond motifs is 1. The molecule has 0 aliphatic carbocycles. The van der Waals surface area contributed by atoms with Crippen LogP contribution in [0.25, 0.3) is 10.2 Å². The van der Waals surface area contributed by atoms with Crippen LogP contribution in [0.3, 0.4) is 0 Å². The highest BCUT2D eigenvalue weighted by molar-refractivity contribution is 8.00. The van der Waals surface area contributed by atoms with Crippen LogP contribution in [0.2, 0.25) is 0 Å². The van der Waals surface area contributed by atoms with E-state index in [2.05, 4.69) is 15.6 Å². The largest absolute Gasteiger partial charge is 0.494 e. The highest BCUT2D eigenvalue weighted by atomic mass is 32.2. The third kappa shape index (κ3) is 6.83. The van der Waals surface area contributed by atoms with Crippen molar-refractivity contribution in [2.45, 2.75) is 11.8 Å². The summed E-state index contributed by atoms with van der Waals surface area (Å²) in [7, 11) is 0. The van der Waals surface area contributed by atoms with E-state index >= 15 is 0 Å². The first-order valence-electron chi connectivity index (χ1n) is 9.21. The Morgan fingerprint density at radius 1 is 1.13 bits per heavy atom. The third-order valence-electron chi connectivity index (χ3n) is 3.79. The van der Waals surface area contributed by atoms with Gasteiger partial charge < -0.3 is 20.5 Å². The molecular formula is C21H19N3O5S2. The van der Waals surface area contributed by atoms with Gasteiger partial charge in [-0.1, -0.05) is 11.3 Å². The zero-order valence-corrected chi connectivity index (χ0v) is 18.1. The molecule has 0 atom stereocenters. The van der Waals surface area contributed by atoms with Crippen molar-refractivity contribution in [2.75, 3.05) is 23.0 Å². The number of hydrogen-bond donors (Lipinski definition) is 3. The summed E-state index contributed by atoms with van der Waals surface area (Å²) in [6, 6.07) is 12.5. The highest BCUT2D eigenvalue weighted by Gasteiger charge is 2.10. The predicted octanol–water partition coefficient (Wildman–Crippen LogP) is 4.01. The van der Waals surface area contributed by atoms with Crippen LogP contribution in [-0.2, 0) is 14.4 Å². The molecule has 0 aliphatic rings. The average Bonchev–Trinajstić information content (AvgIpc) is 3.13. The monoisotopic (exact) mass is 457 g/mol. The van der Waals surface area contributed by atoms with Crippen LogP contribution in [0, 0.1) is 0 Å². The van der Waals surface area contributed by atoms with E-state index in [1.165, 1.54) is 23.1 Å². The van der Waals surface area contributed by atoms with Crippen molar-refractivity contribution in [3.8, 4) is 5.75 Å². The molecule has 2 amide bonds. The normalized spacial score (nSPS) is 10.9. The highest BCUT2D eigenvalue weighted by Crippen LogP contribution is 2.29. The molecule has 0 unspecified atom stereocenters. The second kappa shape index (κ2) is 10.6. The summed E-state index contributed by atoms with van der Waals surface area (Å²) in [5, 5.41) is 14.4. The first-order chi connectivity index (χ1) is 14.9. The molecular weight excluding hydrogens is 438 g/mol. The number of aliphatic carboxylic acids is 1. The van der Waals surface area contributed by atoms with Crippen LogP contribution in [0.5, 0.6) is 5.75 Å². The van der Waals surface area contributed by atoms with E-state index in [1.54, 1.807) is 24.3 Å². The number of nitrogens with zero attached hydrogens (tertiary/aromatic N) is 1. The molecule has 0 aliphatic heterocycles. The molecule has 10 heteroatoms. The van der Waals surface area contributed by atoms with Gasteiger partial charge in [0.25, 0.3) is 0 Å². The molecule has 0 saturated carbocycles. The maximum atomic E-state index is 12.3. The lowest BCUT2D eigenvalue weighted by molar-refractivity contribution is -0.131. The zero-order valence-electron chi connectivity index (χ0n) is 16.5. The fourth-order valence-corrected chi connectivity index (χ4v) is 4.09. The Bertz CT molecular complexity index is 1130. The number of hydrogen-bond acceptors (Lipinski definition) is 7. The number of anilines is 2. The standard InChI is InChI=1S/C21H19N3O5S2/c1-2-29-14-5-8-16-17(11-14)31-21(23-16)24-19(26)12-30-15-6-3-13(4-7-15)22-18(25)9-10-20(27)28/h3-11H,2,12H2,1H3,(H,22,25)(H,27,28)(H,23,24,26)/b10-9+. The van der Waals surface area contributed by atoms with Crippen molar-refractivity contribution in [1.82, 2.24) is 4.98 Å². The second-order valence-electron chi connectivity index (χ2n) is 6.10. The molecule has 160 valence electrons. The second-order valence-corrected chi connectivity index (χ2v) is 8.18. The summed E-state index contributed by atoms with van der Waals surface area (Å²) in [5.41, 5.74) is 1.32. The predicted molar refractivity (Wildman–Crippen MR) is 122 cm³/mol. The number of benzene rings is 2. The van der Waals surface area contributed by atoms with Crippen molar-refractivity contribution >= 4 is 61.9 Å². The fraction of sp³-hybridized carbons (Fsp3) is 0.143. The lowest BCUT2D eigenvalue weighted by Crippen LogP contribution is -2.13. The minimum Gasteiger partial charge on any atom is -0.494 e. The van der Waals surface area contributed by atoms with E-state index in [0.717, 1.165) is 33.0 Å². The van der Waals surface area contributed by atoms with Crippen LogP contribution in [0.4, 0.5) is 10.8 Å². The number of carboxylic acids is 1. The molecule has 0 radical (unpaired) electrons. The Kier molecular flexibility index (Phi) is 7.63.